The number of nitrogens with zero attached hydrogens (tertiary/aromatic N) is 2. The van der Waals surface area contributed by atoms with Gasteiger partial charge in [0.25, 0.3) is 5.91 Å². The van der Waals surface area contributed by atoms with E-state index in [0.29, 0.717) is 28.5 Å². The van der Waals surface area contributed by atoms with Crippen molar-refractivity contribution in [2.24, 2.45) is 0 Å². The molecular formula is C28H26ClN3O3. The number of methoxy groups -OCH3 is 1. The van der Waals surface area contributed by atoms with Crippen LogP contribution in [0.3, 0.4) is 0 Å². The number of ether oxygens (including phenoxy) is 1. The van der Waals surface area contributed by atoms with Gasteiger partial charge >= 0.3 is 0 Å². The molecule has 5 rings (SSSR count). The second-order valence-corrected chi connectivity index (χ2v) is 9.17. The number of benzene rings is 3. The van der Waals surface area contributed by atoms with Crippen LogP contribution in [0.5, 0.6) is 11.5 Å². The number of fused-ring (bicyclic) bond motifs is 1. The lowest BCUT2D eigenvalue weighted by molar-refractivity contribution is 0.0730. The summed E-state index contributed by atoms with van der Waals surface area (Å²) < 4.78 is 5.28. The molecule has 35 heavy (non-hydrogen) atoms. The third kappa shape index (κ3) is 4.04. The van der Waals surface area contributed by atoms with Gasteiger partial charge in [0.15, 0.2) is 0 Å². The van der Waals surface area contributed by atoms with Gasteiger partial charge in [0.2, 0.25) is 0 Å². The number of phenolic OH excluding ortho intramolecular Hbond substituents is 1. The summed E-state index contributed by atoms with van der Waals surface area (Å²) in [6.07, 6.45) is 0.928. The molecule has 0 bridgehead atoms. The molecule has 178 valence electrons. The zero-order chi connectivity index (χ0) is 24.7. The lowest BCUT2D eigenvalue weighted by atomic mass is 9.94. The normalized spacial score (nSPS) is 14.9. The summed E-state index contributed by atoms with van der Waals surface area (Å²) >= 11 is 6.39. The van der Waals surface area contributed by atoms with E-state index in [4.69, 9.17) is 16.3 Å². The molecule has 0 radical (unpaired) electrons. The molecule has 0 spiro atoms. The molecule has 1 atom stereocenters. The third-order valence-electron chi connectivity index (χ3n) is 6.61. The highest BCUT2D eigenvalue weighted by molar-refractivity contribution is 6.31. The van der Waals surface area contributed by atoms with Crippen molar-refractivity contribution in [3.8, 4) is 22.8 Å². The lowest BCUT2D eigenvalue weighted by Gasteiger charge is -2.27. The smallest absolute Gasteiger partial charge is 0.273 e. The second-order valence-electron chi connectivity index (χ2n) is 8.76. The Labute approximate surface area is 209 Å². The third-order valence-corrected chi connectivity index (χ3v) is 7.02. The zero-order valence-electron chi connectivity index (χ0n) is 19.8. The van der Waals surface area contributed by atoms with Gasteiger partial charge in [0.1, 0.15) is 22.9 Å². The van der Waals surface area contributed by atoms with E-state index in [9.17, 15) is 9.90 Å². The van der Waals surface area contributed by atoms with Crippen molar-refractivity contribution in [2.45, 2.75) is 32.9 Å². The number of phenols is 1. The maximum atomic E-state index is 13.6. The minimum Gasteiger partial charge on any atom is -0.507 e. The highest BCUT2D eigenvalue weighted by Crippen LogP contribution is 2.46. The van der Waals surface area contributed by atoms with E-state index in [0.717, 1.165) is 34.4 Å². The number of halogens is 1. The number of nitrogens with one attached hydrogen (secondary N) is 1. The highest BCUT2D eigenvalue weighted by atomic mass is 35.5. The first-order chi connectivity index (χ1) is 16.9. The molecule has 1 unspecified atom stereocenters. The van der Waals surface area contributed by atoms with E-state index in [-0.39, 0.29) is 17.7 Å². The Balaban J connectivity index is 1.64. The number of aryl methyl sites for hydroxylation is 2. The lowest BCUT2D eigenvalue weighted by Crippen LogP contribution is -2.29. The number of H-pyrrole nitrogens is 1. The molecule has 7 heteroatoms. The van der Waals surface area contributed by atoms with Crippen LogP contribution >= 0.6 is 11.6 Å². The van der Waals surface area contributed by atoms with Crippen LogP contribution in [0.15, 0.2) is 60.7 Å². The number of aromatic hydroxyl groups is 1. The average molecular weight is 488 g/mol. The van der Waals surface area contributed by atoms with E-state index < -0.39 is 0 Å². The molecule has 6 nitrogen and oxygen atoms in total. The Hall–Kier alpha value is -3.77. The van der Waals surface area contributed by atoms with Crippen molar-refractivity contribution in [1.82, 2.24) is 15.1 Å². The topological polar surface area (TPSA) is 78.5 Å². The number of hydrogen-bond acceptors (Lipinski definition) is 4. The molecule has 2 heterocycles. The molecule has 0 saturated carbocycles. The number of amides is 1. The SMILES string of the molecule is CCc1ccc(C2c3c(-c4cc(Cl)c(C)cc4O)n[nH]c3C(=O)N2Cc2ccc(OC)cc2)cc1. The van der Waals surface area contributed by atoms with Crippen molar-refractivity contribution < 1.29 is 14.6 Å². The quantitative estimate of drug-likeness (QED) is 0.346. The molecule has 1 aromatic heterocycles. The second kappa shape index (κ2) is 9.12. The number of aromatic amines is 1. The summed E-state index contributed by atoms with van der Waals surface area (Å²) in [6, 6.07) is 18.9. The summed E-state index contributed by atoms with van der Waals surface area (Å²) in [7, 11) is 1.63. The molecule has 1 aliphatic heterocycles. The first kappa shape index (κ1) is 23.0. The van der Waals surface area contributed by atoms with Gasteiger partial charge in [-0.3, -0.25) is 9.89 Å². The van der Waals surface area contributed by atoms with Crippen molar-refractivity contribution in [3.05, 3.63) is 99.2 Å². The number of carbonyl (C=O) groups is 1. The van der Waals surface area contributed by atoms with E-state index in [1.807, 2.05) is 36.1 Å². The minimum atomic E-state index is -0.376. The van der Waals surface area contributed by atoms with Gasteiger partial charge in [0.05, 0.1) is 13.2 Å². The predicted octanol–water partition coefficient (Wildman–Crippen LogP) is 6.06. The Morgan fingerprint density at radius 3 is 2.43 bits per heavy atom. The summed E-state index contributed by atoms with van der Waals surface area (Å²) in [4.78, 5) is 15.5. The van der Waals surface area contributed by atoms with Crippen LogP contribution in [0.1, 0.15) is 51.3 Å². The Kier molecular flexibility index (Phi) is 5.99. The van der Waals surface area contributed by atoms with Crippen LogP contribution in [-0.4, -0.2) is 33.2 Å². The van der Waals surface area contributed by atoms with Gasteiger partial charge in [0, 0.05) is 22.7 Å². The van der Waals surface area contributed by atoms with E-state index in [1.165, 1.54) is 5.56 Å². The van der Waals surface area contributed by atoms with Crippen LogP contribution in [0, 0.1) is 6.92 Å². The fraction of sp³-hybridized carbons (Fsp3) is 0.214. The monoisotopic (exact) mass is 487 g/mol. The largest absolute Gasteiger partial charge is 0.507 e. The molecule has 0 fully saturated rings. The fourth-order valence-electron chi connectivity index (χ4n) is 4.63. The molecule has 2 N–H and O–H groups in total. The van der Waals surface area contributed by atoms with Crippen molar-refractivity contribution >= 4 is 17.5 Å². The molecule has 1 aliphatic rings. The molecular weight excluding hydrogens is 462 g/mol. The maximum Gasteiger partial charge on any atom is 0.273 e. The van der Waals surface area contributed by atoms with Crippen molar-refractivity contribution in [2.75, 3.05) is 7.11 Å². The Morgan fingerprint density at radius 2 is 1.77 bits per heavy atom. The van der Waals surface area contributed by atoms with Crippen LogP contribution in [-0.2, 0) is 13.0 Å². The van der Waals surface area contributed by atoms with E-state index >= 15 is 0 Å². The van der Waals surface area contributed by atoms with Crippen LogP contribution in [0.25, 0.3) is 11.3 Å². The number of aromatic nitrogens is 2. The Bertz CT molecular complexity index is 1390. The van der Waals surface area contributed by atoms with Gasteiger partial charge in [-0.15, -0.1) is 0 Å². The van der Waals surface area contributed by atoms with Crippen LogP contribution < -0.4 is 4.74 Å². The van der Waals surface area contributed by atoms with Crippen molar-refractivity contribution in [3.63, 3.8) is 0 Å². The highest BCUT2D eigenvalue weighted by Gasteiger charge is 2.42. The summed E-state index contributed by atoms with van der Waals surface area (Å²) in [5.74, 6) is 0.691. The van der Waals surface area contributed by atoms with Gasteiger partial charge in [-0.05, 0) is 59.9 Å². The average Bonchev–Trinajstić information content (AvgIpc) is 3.41. The maximum absolute atomic E-state index is 13.6. The van der Waals surface area contributed by atoms with Gasteiger partial charge in [-0.1, -0.05) is 54.9 Å². The molecule has 1 amide bonds. The summed E-state index contributed by atoms with van der Waals surface area (Å²) in [5.41, 5.74) is 6.12. The number of carbonyl (C=O) groups excluding carboxylic acids is 1. The number of hydrogen-bond donors (Lipinski definition) is 2. The summed E-state index contributed by atoms with van der Waals surface area (Å²) in [5, 5.41) is 18.7. The standard InChI is InChI=1S/C28H26ClN3O3/c1-4-17-5-9-19(10-6-17)27-24-25(21-14-22(29)16(2)13-23(21)33)30-31-26(24)28(34)32(27)15-18-7-11-20(35-3)12-8-18/h5-14,27,33H,4,15H2,1-3H3,(H,30,31). The van der Waals surface area contributed by atoms with Crippen LogP contribution in [0.2, 0.25) is 5.02 Å². The molecule has 4 aromatic rings. The zero-order valence-corrected chi connectivity index (χ0v) is 20.6. The molecule has 3 aromatic carbocycles. The fourth-order valence-corrected chi connectivity index (χ4v) is 4.79. The first-order valence-corrected chi connectivity index (χ1v) is 11.9. The molecule has 0 aliphatic carbocycles. The predicted molar refractivity (Wildman–Crippen MR) is 136 cm³/mol. The first-order valence-electron chi connectivity index (χ1n) is 11.5. The van der Waals surface area contributed by atoms with Gasteiger partial charge < -0.3 is 14.7 Å². The minimum absolute atomic E-state index is 0.0716. The van der Waals surface area contributed by atoms with Crippen molar-refractivity contribution in [1.29, 1.82) is 0 Å². The molecule has 0 saturated heterocycles. The van der Waals surface area contributed by atoms with E-state index in [2.05, 4.69) is 41.4 Å². The summed E-state index contributed by atoms with van der Waals surface area (Å²) in [6.45, 7) is 4.35. The van der Waals surface area contributed by atoms with Gasteiger partial charge in [-0.25, -0.2) is 0 Å². The van der Waals surface area contributed by atoms with Gasteiger partial charge in [-0.2, -0.15) is 5.10 Å². The number of rotatable bonds is 6. The van der Waals surface area contributed by atoms with Crippen LogP contribution in [0.4, 0.5) is 0 Å². The van der Waals surface area contributed by atoms with E-state index in [1.54, 1.807) is 19.2 Å². The Morgan fingerprint density at radius 1 is 1.09 bits per heavy atom.